The standard InChI is InChI=1S/C15H17ClN4O3S2/c16-9-5-17-14(18-6-9)23-11-3-1-10(2-4-11)19-12(21)7-20-13(22)8-25-15(20)24/h5-6,10-11H,1-4,7-8H2,(H,19,21). The van der Waals surface area contributed by atoms with E-state index in [0.29, 0.717) is 21.1 Å². The van der Waals surface area contributed by atoms with Crippen LogP contribution in [0.25, 0.3) is 0 Å². The zero-order valence-corrected chi connectivity index (χ0v) is 15.7. The Hall–Kier alpha value is -1.45. The third kappa shape index (κ3) is 5.02. The average molecular weight is 401 g/mol. The van der Waals surface area contributed by atoms with Crippen LogP contribution >= 0.6 is 35.6 Å². The number of carbonyl (C=O) groups excluding carboxylic acids is 2. The van der Waals surface area contributed by atoms with Gasteiger partial charge in [0.25, 0.3) is 0 Å². The van der Waals surface area contributed by atoms with E-state index in [1.54, 1.807) is 0 Å². The second kappa shape index (κ2) is 8.29. The number of carbonyl (C=O) groups is 2. The van der Waals surface area contributed by atoms with Gasteiger partial charge >= 0.3 is 6.01 Å². The van der Waals surface area contributed by atoms with Gasteiger partial charge in [0.2, 0.25) is 11.8 Å². The number of ether oxygens (including phenoxy) is 1. The number of thioether (sulfide) groups is 1. The van der Waals surface area contributed by atoms with Crippen molar-refractivity contribution < 1.29 is 14.3 Å². The summed E-state index contributed by atoms with van der Waals surface area (Å²) >= 11 is 12.1. The van der Waals surface area contributed by atoms with E-state index in [4.69, 9.17) is 28.6 Å². The van der Waals surface area contributed by atoms with Crippen LogP contribution in [0.5, 0.6) is 6.01 Å². The molecule has 2 aliphatic rings. The third-order valence-corrected chi connectivity index (χ3v) is 5.68. The quantitative estimate of drug-likeness (QED) is 0.754. The second-order valence-corrected chi connectivity index (χ2v) is 7.92. The molecule has 1 saturated carbocycles. The van der Waals surface area contributed by atoms with E-state index in [1.165, 1.54) is 29.1 Å². The highest BCUT2D eigenvalue weighted by Crippen LogP contribution is 2.23. The minimum Gasteiger partial charge on any atom is -0.460 e. The maximum atomic E-state index is 12.1. The fourth-order valence-corrected chi connectivity index (χ4v) is 3.95. The molecule has 2 amide bonds. The van der Waals surface area contributed by atoms with Crippen molar-refractivity contribution in [1.29, 1.82) is 0 Å². The molecule has 25 heavy (non-hydrogen) atoms. The molecule has 1 saturated heterocycles. The van der Waals surface area contributed by atoms with Crippen LogP contribution in [-0.4, -0.2) is 55.4 Å². The van der Waals surface area contributed by atoms with Crippen LogP contribution in [0.15, 0.2) is 12.4 Å². The highest BCUT2D eigenvalue weighted by molar-refractivity contribution is 8.23. The van der Waals surface area contributed by atoms with Crippen molar-refractivity contribution in [2.75, 3.05) is 12.3 Å². The van der Waals surface area contributed by atoms with Gasteiger partial charge in [-0.1, -0.05) is 35.6 Å². The molecule has 0 spiro atoms. The van der Waals surface area contributed by atoms with Crippen molar-refractivity contribution in [3.8, 4) is 6.01 Å². The van der Waals surface area contributed by atoms with E-state index >= 15 is 0 Å². The Bertz CT molecular complexity index is 649. The molecule has 0 bridgehead atoms. The Morgan fingerprint density at radius 1 is 1.36 bits per heavy atom. The first kappa shape index (κ1) is 18.3. The lowest BCUT2D eigenvalue weighted by Crippen LogP contribution is -2.45. The summed E-state index contributed by atoms with van der Waals surface area (Å²) in [5.74, 6) is 0.0373. The van der Waals surface area contributed by atoms with Crippen LogP contribution in [-0.2, 0) is 9.59 Å². The predicted octanol–water partition coefficient (Wildman–Crippen LogP) is 1.80. The molecule has 0 aromatic carbocycles. The van der Waals surface area contributed by atoms with Gasteiger partial charge in [-0.3, -0.25) is 14.5 Å². The van der Waals surface area contributed by atoms with Gasteiger partial charge < -0.3 is 10.1 Å². The van der Waals surface area contributed by atoms with Crippen molar-refractivity contribution in [3.05, 3.63) is 17.4 Å². The van der Waals surface area contributed by atoms with Crippen molar-refractivity contribution in [1.82, 2.24) is 20.2 Å². The van der Waals surface area contributed by atoms with Gasteiger partial charge in [0, 0.05) is 6.04 Å². The van der Waals surface area contributed by atoms with E-state index in [-0.39, 0.29) is 30.5 Å². The summed E-state index contributed by atoms with van der Waals surface area (Å²) in [6, 6.07) is 0.396. The Kier molecular flexibility index (Phi) is 6.08. The maximum Gasteiger partial charge on any atom is 0.316 e. The highest BCUT2D eigenvalue weighted by atomic mass is 35.5. The van der Waals surface area contributed by atoms with Gasteiger partial charge in [-0.2, -0.15) is 0 Å². The summed E-state index contributed by atoms with van der Waals surface area (Å²) in [6.07, 6.45) is 6.23. The fraction of sp³-hybridized carbons (Fsp3) is 0.533. The number of nitrogens with zero attached hydrogens (tertiary/aromatic N) is 3. The second-order valence-electron chi connectivity index (χ2n) is 5.88. The van der Waals surface area contributed by atoms with Gasteiger partial charge in [0.05, 0.1) is 23.2 Å². The number of amides is 2. The number of hydrogen-bond acceptors (Lipinski definition) is 7. The monoisotopic (exact) mass is 400 g/mol. The first-order valence-corrected chi connectivity index (χ1v) is 9.69. The topological polar surface area (TPSA) is 84.4 Å². The molecule has 7 nitrogen and oxygen atoms in total. The van der Waals surface area contributed by atoms with E-state index in [2.05, 4.69) is 15.3 Å². The van der Waals surface area contributed by atoms with Gasteiger partial charge in [0.1, 0.15) is 17.0 Å². The SMILES string of the molecule is O=C(CN1C(=O)CSC1=S)NC1CCC(Oc2ncc(Cl)cn2)CC1. The number of rotatable bonds is 5. The molecule has 1 aromatic heterocycles. The number of halogens is 1. The summed E-state index contributed by atoms with van der Waals surface area (Å²) in [5, 5.41) is 3.44. The molecule has 134 valence electrons. The molecule has 1 N–H and O–H groups in total. The van der Waals surface area contributed by atoms with E-state index in [1.807, 2.05) is 0 Å². The average Bonchev–Trinajstić information content (AvgIpc) is 2.90. The lowest BCUT2D eigenvalue weighted by Gasteiger charge is -2.29. The minimum absolute atomic E-state index is 0.000288. The van der Waals surface area contributed by atoms with Crippen molar-refractivity contribution in [3.63, 3.8) is 0 Å². The van der Waals surface area contributed by atoms with E-state index in [0.717, 1.165) is 25.7 Å². The van der Waals surface area contributed by atoms with E-state index < -0.39 is 0 Å². The predicted molar refractivity (Wildman–Crippen MR) is 98.6 cm³/mol. The smallest absolute Gasteiger partial charge is 0.316 e. The molecule has 1 aliphatic carbocycles. The molecule has 2 fully saturated rings. The van der Waals surface area contributed by atoms with Crippen LogP contribution in [0.4, 0.5) is 0 Å². The Balaban J connectivity index is 1.41. The van der Waals surface area contributed by atoms with Crippen LogP contribution < -0.4 is 10.1 Å². The molecule has 1 aliphatic heterocycles. The molecule has 0 atom stereocenters. The maximum absolute atomic E-state index is 12.1. The lowest BCUT2D eigenvalue weighted by atomic mass is 9.93. The summed E-state index contributed by atoms with van der Waals surface area (Å²) in [7, 11) is 0. The summed E-state index contributed by atoms with van der Waals surface area (Å²) in [5.41, 5.74) is 0. The number of aromatic nitrogens is 2. The first-order chi connectivity index (χ1) is 12.0. The Labute approximate surface area is 159 Å². The molecule has 10 heteroatoms. The van der Waals surface area contributed by atoms with Gasteiger partial charge in [-0.05, 0) is 25.7 Å². The normalized spacial score (nSPS) is 23.6. The number of thiocarbonyl (C=S) groups is 1. The van der Waals surface area contributed by atoms with Crippen LogP contribution in [0.1, 0.15) is 25.7 Å². The molecule has 1 aromatic rings. The fourth-order valence-electron chi connectivity index (χ4n) is 2.79. The molecular formula is C15H17ClN4O3S2. The molecule has 3 rings (SSSR count). The number of hydrogen-bond donors (Lipinski definition) is 1. The van der Waals surface area contributed by atoms with Crippen LogP contribution in [0.2, 0.25) is 5.02 Å². The molecule has 2 heterocycles. The largest absolute Gasteiger partial charge is 0.460 e. The minimum atomic E-state index is -0.177. The zero-order chi connectivity index (χ0) is 17.8. The Morgan fingerprint density at radius 2 is 2.04 bits per heavy atom. The number of nitrogens with one attached hydrogen (secondary N) is 1. The van der Waals surface area contributed by atoms with Crippen molar-refractivity contribution >= 4 is 51.7 Å². The van der Waals surface area contributed by atoms with Crippen molar-refractivity contribution in [2.45, 2.75) is 37.8 Å². The molecule has 0 unspecified atom stereocenters. The lowest BCUT2D eigenvalue weighted by molar-refractivity contribution is -0.130. The zero-order valence-electron chi connectivity index (χ0n) is 13.3. The van der Waals surface area contributed by atoms with Gasteiger partial charge in [0.15, 0.2) is 0 Å². The van der Waals surface area contributed by atoms with Gasteiger partial charge in [-0.25, -0.2) is 9.97 Å². The van der Waals surface area contributed by atoms with Crippen LogP contribution in [0.3, 0.4) is 0 Å². The van der Waals surface area contributed by atoms with E-state index in [9.17, 15) is 9.59 Å². The van der Waals surface area contributed by atoms with Gasteiger partial charge in [-0.15, -0.1) is 0 Å². The van der Waals surface area contributed by atoms with Crippen LogP contribution in [0, 0.1) is 0 Å². The highest BCUT2D eigenvalue weighted by Gasteiger charge is 2.30. The molecule has 0 radical (unpaired) electrons. The van der Waals surface area contributed by atoms with Crippen molar-refractivity contribution in [2.24, 2.45) is 0 Å². The Morgan fingerprint density at radius 3 is 2.64 bits per heavy atom. The third-order valence-electron chi connectivity index (χ3n) is 4.05. The molecular weight excluding hydrogens is 384 g/mol. The summed E-state index contributed by atoms with van der Waals surface area (Å²) in [6.45, 7) is -0.000288. The first-order valence-electron chi connectivity index (χ1n) is 7.92. The summed E-state index contributed by atoms with van der Waals surface area (Å²) < 4.78 is 6.21. The summed E-state index contributed by atoms with van der Waals surface area (Å²) in [4.78, 5) is 33.2.